The van der Waals surface area contributed by atoms with E-state index in [1.54, 1.807) is 7.11 Å². The number of rotatable bonds is 7. The summed E-state index contributed by atoms with van der Waals surface area (Å²) in [5.74, 6) is -1.28. The third kappa shape index (κ3) is 3.14. The first-order valence-corrected chi connectivity index (χ1v) is 7.55. The number of aliphatic carboxylic acids is 1. The topological polar surface area (TPSA) is 75.6 Å². The number of ether oxygens (including phenoxy) is 1. The van der Waals surface area contributed by atoms with E-state index in [1.807, 2.05) is 0 Å². The Bertz CT molecular complexity index is 370. The fourth-order valence-corrected chi connectivity index (χ4v) is 3.24. The molecule has 0 aromatic carbocycles. The Morgan fingerprint density at radius 2 is 1.80 bits per heavy atom. The van der Waals surface area contributed by atoms with Gasteiger partial charge in [0.25, 0.3) is 0 Å². The molecule has 5 nitrogen and oxygen atoms in total. The van der Waals surface area contributed by atoms with Crippen molar-refractivity contribution in [2.24, 2.45) is 10.8 Å². The van der Waals surface area contributed by atoms with Crippen molar-refractivity contribution < 1.29 is 19.4 Å². The highest BCUT2D eigenvalue weighted by atomic mass is 16.5. The molecule has 0 unspecified atom stereocenters. The lowest BCUT2D eigenvalue weighted by atomic mass is 9.72. The van der Waals surface area contributed by atoms with Gasteiger partial charge in [-0.2, -0.15) is 0 Å². The van der Waals surface area contributed by atoms with Gasteiger partial charge in [0.15, 0.2) is 0 Å². The molecule has 0 saturated heterocycles. The molecule has 0 bridgehead atoms. The van der Waals surface area contributed by atoms with Crippen molar-refractivity contribution in [2.75, 3.05) is 20.3 Å². The molecular formula is C15H25NO4. The van der Waals surface area contributed by atoms with Gasteiger partial charge in [-0.05, 0) is 37.5 Å². The largest absolute Gasteiger partial charge is 0.480 e. The summed E-state index contributed by atoms with van der Waals surface area (Å²) >= 11 is 0. The molecule has 0 aromatic heterocycles. The zero-order valence-corrected chi connectivity index (χ0v) is 12.2. The Kier molecular flexibility index (Phi) is 4.68. The van der Waals surface area contributed by atoms with Crippen molar-refractivity contribution in [3.8, 4) is 0 Å². The highest BCUT2D eigenvalue weighted by Gasteiger charge is 2.57. The molecule has 5 heteroatoms. The fourth-order valence-electron chi connectivity index (χ4n) is 3.24. The second kappa shape index (κ2) is 6.12. The normalized spacial score (nSPS) is 23.1. The summed E-state index contributed by atoms with van der Waals surface area (Å²) in [5, 5.41) is 12.0. The van der Waals surface area contributed by atoms with Crippen molar-refractivity contribution in [1.29, 1.82) is 0 Å². The minimum absolute atomic E-state index is 0.0957. The standard InChI is InChI=1S/C15H25NO4/c1-20-10-9-14(5-3-2-4-6-14)11-16-12(17)15(7-8-15)13(18)19/h2-11H2,1H3,(H,16,17)(H,18,19). The molecule has 0 aliphatic heterocycles. The van der Waals surface area contributed by atoms with Crippen LogP contribution in [0.1, 0.15) is 51.4 Å². The van der Waals surface area contributed by atoms with Crippen LogP contribution >= 0.6 is 0 Å². The lowest BCUT2D eigenvalue weighted by molar-refractivity contribution is -0.149. The Morgan fingerprint density at radius 1 is 1.15 bits per heavy atom. The third-order valence-corrected chi connectivity index (χ3v) is 4.97. The molecule has 2 rings (SSSR count). The van der Waals surface area contributed by atoms with Gasteiger partial charge in [0.2, 0.25) is 5.91 Å². The quantitative estimate of drug-likeness (QED) is 0.700. The summed E-state index contributed by atoms with van der Waals surface area (Å²) in [7, 11) is 1.69. The highest BCUT2D eigenvalue weighted by Crippen LogP contribution is 2.46. The molecule has 0 aromatic rings. The molecule has 2 aliphatic rings. The maximum absolute atomic E-state index is 12.1. The maximum Gasteiger partial charge on any atom is 0.319 e. The van der Waals surface area contributed by atoms with E-state index < -0.39 is 11.4 Å². The van der Waals surface area contributed by atoms with E-state index in [4.69, 9.17) is 9.84 Å². The zero-order chi connectivity index (χ0) is 14.6. The number of methoxy groups -OCH3 is 1. The molecular weight excluding hydrogens is 258 g/mol. The van der Waals surface area contributed by atoms with Crippen LogP contribution in [0.5, 0.6) is 0 Å². The summed E-state index contributed by atoms with van der Waals surface area (Å²) in [5.41, 5.74) is -1.03. The van der Waals surface area contributed by atoms with Crippen molar-refractivity contribution in [3.63, 3.8) is 0 Å². The number of carbonyl (C=O) groups is 2. The van der Waals surface area contributed by atoms with Gasteiger partial charge in [0.1, 0.15) is 5.41 Å². The smallest absolute Gasteiger partial charge is 0.319 e. The molecule has 2 aliphatic carbocycles. The summed E-state index contributed by atoms with van der Waals surface area (Å²) in [6.45, 7) is 1.28. The molecule has 20 heavy (non-hydrogen) atoms. The molecule has 0 heterocycles. The molecule has 0 atom stereocenters. The lowest BCUT2D eigenvalue weighted by Crippen LogP contribution is -2.44. The third-order valence-electron chi connectivity index (χ3n) is 4.97. The van der Waals surface area contributed by atoms with Crippen LogP contribution in [0, 0.1) is 10.8 Å². The summed E-state index contributed by atoms with van der Waals surface area (Å²) in [6, 6.07) is 0. The minimum Gasteiger partial charge on any atom is -0.480 e. The van der Waals surface area contributed by atoms with E-state index in [2.05, 4.69) is 5.32 Å². The molecule has 114 valence electrons. The van der Waals surface area contributed by atoms with Gasteiger partial charge in [0.05, 0.1) is 0 Å². The van der Waals surface area contributed by atoms with Gasteiger partial charge in [-0.1, -0.05) is 19.3 Å². The van der Waals surface area contributed by atoms with Gasteiger partial charge < -0.3 is 15.2 Å². The SMILES string of the molecule is COCCC1(CNC(=O)C2(C(=O)O)CC2)CCCCC1. The number of nitrogens with one attached hydrogen (secondary N) is 1. The Labute approximate surface area is 120 Å². The predicted octanol–water partition coefficient (Wildman–Crippen LogP) is 1.95. The Balaban J connectivity index is 1.91. The number of carboxylic acids is 1. The lowest BCUT2D eigenvalue weighted by Gasteiger charge is -2.37. The van der Waals surface area contributed by atoms with E-state index in [0.717, 1.165) is 19.3 Å². The summed E-state index contributed by atoms with van der Waals surface area (Å²) in [4.78, 5) is 23.3. The highest BCUT2D eigenvalue weighted by molar-refractivity contribution is 6.04. The Morgan fingerprint density at radius 3 is 2.30 bits per heavy atom. The molecule has 2 N–H and O–H groups in total. The molecule has 2 saturated carbocycles. The van der Waals surface area contributed by atoms with Crippen molar-refractivity contribution >= 4 is 11.9 Å². The maximum atomic E-state index is 12.1. The van der Waals surface area contributed by atoms with Crippen LogP contribution < -0.4 is 5.32 Å². The van der Waals surface area contributed by atoms with Gasteiger partial charge in [-0.3, -0.25) is 9.59 Å². The van der Waals surface area contributed by atoms with Crippen molar-refractivity contribution in [3.05, 3.63) is 0 Å². The van der Waals surface area contributed by atoms with Crippen LogP contribution in [0.4, 0.5) is 0 Å². The summed E-state index contributed by atoms with van der Waals surface area (Å²) < 4.78 is 5.19. The molecule has 1 amide bonds. The van der Waals surface area contributed by atoms with Gasteiger partial charge in [0, 0.05) is 20.3 Å². The molecule has 0 spiro atoms. The van der Waals surface area contributed by atoms with Crippen LogP contribution in [0.15, 0.2) is 0 Å². The van der Waals surface area contributed by atoms with Crippen LogP contribution in [-0.4, -0.2) is 37.2 Å². The first-order valence-electron chi connectivity index (χ1n) is 7.55. The van der Waals surface area contributed by atoms with Crippen LogP contribution in [0.25, 0.3) is 0 Å². The zero-order valence-electron chi connectivity index (χ0n) is 12.2. The number of hydrogen-bond donors (Lipinski definition) is 2. The van der Waals surface area contributed by atoms with Gasteiger partial charge >= 0.3 is 5.97 Å². The van der Waals surface area contributed by atoms with Crippen LogP contribution in [0.2, 0.25) is 0 Å². The second-order valence-electron chi connectivity index (χ2n) is 6.37. The van der Waals surface area contributed by atoms with Crippen molar-refractivity contribution in [2.45, 2.75) is 51.4 Å². The van der Waals surface area contributed by atoms with Gasteiger partial charge in [-0.25, -0.2) is 0 Å². The van der Waals surface area contributed by atoms with Crippen LogP contribution in [0.3, 0.4) is 0 Å². The minimum atomic E-state index is -1.13. The first-order chi connectivity index (χ1) is 9.55. The second-order valence-corrected chi connectivity index (χ2v) is 6.37. The molecule has 2 fully saturated rings. The number of amides is 1. The van der Waals surface area contributed by atoms with Crippen molar-refractivity contribution in [1.82, 2.24) is 5.32 Å². The predicted molar refractivity (Wildman–Crippen MR) is 74.3 cm³/mol. The average molecular weight is 283 g/mol. The number of carboxylic acid groups (broad SMARTS) is 1. The van der Waals surface area contributed by atoms with E-state index in [-0.39, 0.29) is 11.3 Å². The number of hydrogen-bond acceptors (Lipinski definition) is 3. The van der Waals surface area contributed by atoms with E-state index in [1.165, 1.54) is 19.3 Å². The van der Waals surface area contributed by atoms with Crippen LogP contribution in [-0.2, 0) is 14.3 Å². The number of carbonyl (C=O) groups excluding carboxylic acids is 1. The summed E-state index contributed by atoms with van der Waals surface area (Å²) in [6.07, 6.45) is 7.69. The van der Waals surface area contributed by atoms with Gasteiger partial charge in [-0.15, -0.1) is 0 Å². The fraction of sp³-hybridized carbons (Fsp3) is 0.867. The first kappa shape index (κ1) is 15.3. The Hall–Kier alpha value is -1.10. The average Bonchev–Trinajstić information content (AvgIpc) is 3.25. The molecule has 0 radical (unpaired) electrons. The van der Waals surface area contributed by atoms with E-state index >= 15 is 0 Å². The monoisotopic (exact) mass is 283 g/mol. The van der Waals surface area contributed by atoms with E-state index in [0.29, 0.717) is 26.0 Å². The van der Waals surface area contributed by atoms with E-state index in [9.17, 15) is 9.59 Å².